The van der Waals surface area contributed by atoms with Crippen molar-refractivity contribution >= 4 is 45.2 Å². The number of carbonyl (C=O) groups excluding carboxylic acids is 1. The number of alkyl halides is 1. The van der Waals surface area contributed by atoms with E-state index in [1.807, 2.05) is 0 Å². The summed E-state index contributed by atoms with van der Waals surface area (Å²) in [6, 6.07) is 0. The molecule has 0 saturated carbocycles. The number of carboxylic acids is 1. The highest BCUT2D eigenvalue weighted by atomic mass is 79.9. The molecule has 0 aromatic carbocycles. The Balaban J connectivity index is 0. The fraction of sp³-hybridized carbons (Fsp3) is 0.500. The summed E-state index contributed by atoms with van der Waals surface area (Å²) in [4.78, 5) is 19.0. The zero-order valence-electron chi connectivity index (χ0n) is 4.41. The van der Waals surface area contributed by atoms with E-state index in [4.69, 9.17) is 5.11 Å². The predicted octanol–water partition coefficient (Wildman–Crippen LogP) is 1.00. The van der Waals surface area contributed by atoms with Gasteiger partial charge < -0.3 is 9.90 Å². The SMILES string of the molecule is Br.O=CC(Br)CC(=O)O. The Morgan fingerprint density at radius 1 is 1.78 bits per heavy atom. The Kier molecular flexibility index (Phi) is 8.19. The molecule has 9 heavy (non-hydrogen) atoms. The van der Waals surface area contributed by atoms with Crippen LogP contribution in [-0.4, -0.2) is 22.2 Å². The van der Waals surface area contributed by atoms with Gasteiger partial charge in [0.2, 0.25) is 0 Å². The molecule has 0 bridgehead atoms. The Morgan fingerprint density at radius 3 is 2.33 bits per heavy atom. The van der Waals surface area contributed by atoms with E-state index in [1.165, 1.54) is 0 Å². The average Bonchev–Trinajstić information content (AvgIpc) is 1.65. The molecule has 0 rings (SSSR count). The van der Waals surface area contributed by atoms with Crippen molar-refractivity contribution in [3.8, 4) is 0 Å². The normalized spacial score (nSPS) is 11.2. The molecule has 0 aliphatic heterocycles. The minimum absolute atomic E-state index is 0. The maximum Gasteiger partial charge on any atom is 0.304 e. The van der Waals surface area contributed by atoms with Gasteiger partial charge in [0.15, 0.2) is 0 Å². The van der Waals surface area contributed by atoms with Crippen LogP contribution in [0.5, 0.6) is 0 Å². The third kappa shape index (κ3) is 8.10. The highest BCUT2D eigenvalue weighted by Crippen LogP contribution is 1.99. The fourth-order valence-electron chi connectivity index (χ4n) is 0.215. The number of hydrogen-bond donors (Lipinski definition) is 1. The van der Waals surface area contributed by atoms with Crippen LogP contribution in [0.3, 0.4) is 0 Å². The van der Waals surface area contributed by atoms with Crippen molar-refractivity contribution in [3.05, 3.63) is 0 Å². The van der Waals surface area contributed by atoms with Crippen LogP contribution in [0, 0.1) is 0 Å². The van der Waals surface area contributed by atoms with Crippen LogP contribution in [0.15, 0.2) is 0 Å². The lowest BCUT2D eigenvalue weighted by atomic mass is 10.3. The molecular formula is C4H6Br2O3. The molecule has 1 N–H and O–H groups in total. The predicted molar refractivity (Wildman–Crippen MR) is 41.4 cm³/mol. The molecule has 54 valence electrons. The molecule has 0 aromatic heterocycles. The van der Waals surface area contributed by atoms with E-state index in [0.717, 1.165) is 0 Å². The summed E-state index contributed by atoms with van der Waals surface area (Å²) in [6.07, 6.45) is 0.400. The van der Waals surface area contributed by atoms with Crippen molar-refractivity contribution in [1.29, 1.82) is 0 Å². The van der Waals surface area contributed by atoms with Gasteiger partial charge in [-0.25, -0.2) is 0 Å². The van der Waals surface area contributed by atoms with Crippen molar-refractivity contribution in [2.24, 2.45) is 0 Å². The number of rotatable bonds is 3. The van der Waals surface area contributed by atoms with E-state index >= 15 is 0 Å². The largest absolute Gasteiger partial charge is 0.481 e. The van der Waals surface area contributed by atoms with E-state index < -0.39 is 10.8 Å². The van der Waals surface area contributed by atoms with Crippen molar-refractivity contribution in [1.82, 2.24) is 0 Å². The topological polar surface area (TPSA) is 54.4 Å². The molecule has 0 heterocycles. The summed E-state index contributed by atoms with van der Waals surface area (Å²) in [5, 5.41) is 8.03. The van der Waals surface area contributed by atoms with E-state index in [9.17, 15) is 9.59 Å². The molecule has 1 unspecified atom stereocenters. The van der Waals surface area contributed by atoms with Gasteiger partial charge >= 0.3 is 5.97 Å². The summed E-state index contributed by atoms with van der Waals surface area (Å²) in [7, 11) is 0. The number of aliphatic carboxylic acids is 1. The number of carboxylic acid groups (broad SMARTS) is 1. The van der Waals surface area contributed by atoms with E-state index in [-0.39, 0.29) is 23.4 Å². The number of halogens is 2. The summed E-state index contributed by atoms with van der Waals surface area (Å²) < 4.78 is 0. The van der Waals surface area contributed by atoms with Crippen LogP contribution in [0.4, 0.5) is 0 Å². The van der Waals surface area contributed by atoms with Crippen LogP contribution in [0.2, 0.25) is 0 Å². The van der Waals surface area contributed by atoms with Gasteiger partial charge in [-0.2, -0.15) is 0 Å². The Labute approximate surface area is 71.3 Å². The van der Waals surface area contributed by atoms with Crippen molar-refractivity contribution in [2.75, 3.05) is 0 Å². The first-order chi connectivity index (χ1) is 3.66. The fourth-order valence-corrected chi connectivity index (χ4v) is 0.492. The third-order valence-corrected chi connectivity index (χ3v) is 1.06. The lowest BCUT2D eigenvalue weighted by molar-refractivity contribution is -0.137. The molecule has 0 radical (unpaired) electrons. The van der Waals surface area contributed by atoms with Gasteiger partial charge in [0, 0.05) is 0 Å². The van der Waals surface area contributed by atoms with Gasteiger partial charge in [-0.1, -0.05) is 15.9 Å². The molecule has 5 heteroatoms. The highest BCUT2D eigenvalue weighted by Gasteiger charge is 2.05. The van der Waals surface area contributed by atoms with E-state index in [1.54, 1.807) is 0 Å². The number of carbonyl (C=O) groups is 2. The second-order valence-electron chi connectivity index (χ2n) is 1.25. The molecule has 3 nitrogen and oxygen atoms in total. The number of aldehydes is 1. The van der Waals surface area contributed by atoms with Crippen LogP contribution in [0.25, 0.3) is 0 Å². The minimum atomic E-state index is -0.973. The van der Waals surface area contributed by atoms with Crippen LogP contribution in [-0.2, 0) is 9.59 Å². The molecule has 0 aliphatic rings. The standard InChI is InChI=1S/C4H5BrO3.BrH/c5-3(2-6)1-4(7)8;/h2-3H,1H2,(H,7,8);1H. The average molecular weight is 262 g/mol. The van der Waals surface area contributed by atoms with Gasteiger partial charge in [-0.15, -0.1) is 17.0 Å². The molecule has 0 fully saturated rings. The van der Waals surface area contributed by atoms with E-state index in [0.29, 0.717) is 6.29 Å². The zero-order chi connectivity index (χ0) is 6.57. The summed E-state index contributed by atoms with van der Waals surface area (Å²) in [5.74, 6) is -0.973. The van der Waals surface area contributed by atoms with Crippen LogP contribution < -0.4 is 0 Å². The maximum absolute atomic E-state index is 9.78. The third-order valence-electron chi connectivity index (χ3n) is 0.517. The quantitative estimate of drug-likeness (QED) is 0.609. The lowest BCUT2D eigenvalue weighted by Gasteiger charge is -1.91. The summed E-state index contributed by atoms with van der Waals surface area (Å²) in [6.45, 7) is 0. The smallest absolute Gasteiger partial charge is 0.304 e. The molecule has 0 amide bonds. The molecule has 0 aromatic rings. The monoisotopic (exact) mass is 260 g/mol. The van der Waals surface area contributed by atoms with Crippen molar-refractivity contribution in [2.45, 2.75) is 11.2 Å². The first kappa shape index (κ1) is 11.8. The van der Waals surface area contributed by atoms with Crippen molar-refractivity contribution < 1.29 is 14.7 Å². The van der Waals surface area contributed by atoms with Gasteiger partial charge in [0.25, 0.3) is 0 Å². The molecular weight excluding hydrogens is 256 g/mol. The first-order valence-electron chi connectivity index (χ1n) is 1.98. The Bertz CT molecular complexity index is 104. The number of hydrogen-bond acceptors (Lipinski definition) is 2. The second kappa shape index (κ2) is 6.22. The second-order valence-corrected chi connectivity index (χ2v) is 2.43. The Morgan fingerprint density at radius 2 is 2.22 bits per heavy atom. The molecule has 1 atom stereocenters. The van der Waals surface area contributed by atoms with Gasteiger partial charge in [0.1, 0.15) is 6.29 Å². The summed E-state index contributed by atoms with van der Waals surface area (Å²) in [5.41, 5.74) is 0. The molecule has 0 saturated heterocycles. The highest BCUT2D eigenvalue weighted by molar-refractivity contribution is 9.10. The lowest BCUT2D eigenvalue weighted by Crippen LogP contribution is -2.06. The zero-order valence-corrected chi connectivity index (χ0v) is 7.71. The maximum atomic E-state index is 9.78. The van der Waals surface area contributed by atoms with Crippen LogP contribution in [0.1, 0.15) is 6.42 Å². The molecule has 0 spiro atoms. The van der Waals surface area contributed by atoms with Gasteiger partial charge in [-0.05, 0) is 0 Å². The van der Waals surface area contributed by atoms with Crippen LogP contribution >= 0.6 is 32.9 Å². The minimum Gasteiger partial charge on any atom is -0.481 e. The van der Waals surface area contributed by atoms with Crippen molar-refractivity contribution in [3.63, 3.8) is 0 Å². The van der Waals surface area contributed by atoms with E-state index in [2.05, 4.69) is 15.9 Å². The molecule has 0 aliphatic carbocycles. The van der Waals surface area contributed by atoms with Gasteiger partial charge in [0.05, 0.1) is 11.2 Å². The van der Waals surface area contributed by atoms with Gasteiger partial charge in [-0.3, -0.25) is 4.79 Å². The first-order valence-corrected chi connectivity index (χ1v) is 2.89. The summed E-state index contributed by atoms with van der Waals surface area (Å²) >= 11 is 2.83. The Hall–Kier alpha value is 0.1000.